The van der Waals surface area contributed by atoms with Gasteiger partial charge in [-0.15, -0.1) is 0 Å². The van der Waals surface area contributed by atoms with Crippen molar-refractivity contribution in [1.82, 2.24) is 0 Å². The molecular formula is C15H19BrFNO. The van der Waals surface area contributed by atoms with Crippen LogP contribution in [0.3, 0.4) is 0 Å². The maximum Gasteiger partial charge on any atom is 0.224 e. The molecule has 1 aliphatic carbocycles. The molecule has 0 aliphatic heterocycles. The van der Waals surface area contributed by atoms with Crippen molar-refractivity contribution in [1.29, 1.82) is 0 Å². The van der Waals surface area contributed by atoms with Crippen LogP contribution in [-0.4, -0.2) is 5.91 Å². The molecule has 0 bridgehead atoms. The second kappa shape index (κ2) is 7.04. The summed E-state index contributed by atoms with van der Waals surface area (Å²) >= 11 is 3.26. The van der Waals surface area contributed by atoms with Gasteiger partial charge in [-0.25, -0.2) is 4.39 Å². The van der Waals surface area contributed by atoms with Gasteiger partial charge in [0, 0.05) is 10.9 Å². The highest BCUT2D eigenvalue weighted by Crippen LogP contribution is 2.27. The minimum Gasteiger partial charge on any atom is -0.325 e. The minimum atomic E-state index is -0.311. The van der Waals surface area contributed by atoms with Crippen molar-refractivity contribution in [2.45, 2.75) is 44.9 Å². The standard InChI is InChI=1S/C15H19BrFNO/c16-13-10-12(17)7-8-14(13)18-15(19)9-11-5-3-1-2-4-6-11/h7-8,10-11H,1-6,9H2,(H,18,19). The molecule has 2 rings (SSSR count). The van der Waals surface area contributed by atoms with E-state index in [1.165, 1.54) is 37.8 Å². The molecule has 4 heteroatoms. The normalized spacial score (nSPS) is 16.9. The van der Waals surface area contributed by atoms with Crippen LogP contribution >= 0.6 is 15.9 Å². The largest absolute Gasteiger partial charge is 0.325 e. The molecule has 0 radical (unpaired) electrons. The van der Waals surface area contributed by atoms with E-state index >= 15 is 0 Å². The van der Waals surface area contributed by atoms with Gasteiger partial charge in [0.15, 0.2) is 0 Å². The highest BCUT2D eigenvalue weighted by atomic mass is 79.9. The van der Waals surface area contributed by atoms with E-state index < -0.39 is 0 Å². The fourth-order valence-corrected chi connectivity index (χ4v) is 3.07. The van der Waals surface area contributed by atoms with E-state index in [9.17, 15) is 9.18 Å². The quantitative estimate of drug-likeness (QED) is 0.787. The van der Waals surface area contributed by atoms with Crippen molar-refractivity contribution in [2.75, 3.05) is 5.32 Å². The van der Waals surface area contributed by atoms with E-state index in [0.29, 0.717) is 22.5 Å². The van der Waals surface area contributed by atoms with Crippen molar-refractivity contribution in [3.63, 3.8) is 0 Å². The van der Waals surface area contributed by atoms with Gasteiger partial charge in [-0.1, -0.05) is 25.7 Å². The van der Waals surface area contributed by atoms with Crippen LogP contribution in [0.2, 0.25) is 0 Å². The van der Waals surface area contributed by atoms with E-state index in [1.807, 2.05) is 0 Å². The van der Waals surface area contributed by atoms with Crippen LogP contribution in [-0.2, 0) is 4.79 Å². The summed E-state index contributed by atoms with van der Waals surface area (Å²) in [6.45, 7) is 0. The van der Waals surface area contributed by atoms with E-state index in [0.717, 1.165) is 12.8 Å². The Morgan fingerprint density at radius 2 is 1.95 bits per heavy atom. The second-order valence-electron chi connectivity index (χ2n) is 5.23. The summed E-state index contributed by atoms with van der Waals surface area (Å²) in [5.74, 6) is 0.217. The molecule has 1 aromatic rings. The number of benzene rings is 1. The highest BCUT2D eigenvalue weighted by molar-refractivity contribution is 9.10. The summed E-state index contributed by atoms with van der Waals surface area (Å²) in [6.07, 6.45) is 7.93. The molecule has 1 aliphatic rings. The van der Waals surface area contributed by atoms with Crippen LogP contribution < -0.4 is 5.32 Å². The third-order valence-corrected chi connectivity index (χ3v) is 4.31. The summed E-state index contributed by atoms with van der Waals surface area (Å²) in [7, 11) is 0. The summed E-state index contributed by atoms with van der Waals surface area (Å²) in [6, 6.07) is 4.30. The zero-order valence-corrected chi connectivity index (χ0v) is 12.5. The van der Waals surface area contributed by atoms with Crippen LogP contribution in [0.5, 0.6) is 0 Å². The monoisotopic (exact) mass is 327 g/mol. The fourth-order valence-electron chi connectivity index (χ4n) is 2.62. The van der Waals surface area contributed by atoms with Gasteiger partial charge in [-0.2, -0.15) is 0 Å². The van der Waals surface area contributed by atoms with Gasteiger partial charge in [0.05, 0.1) is 5.69 Å². The van der Waals surface area contributed by atoms with Gasteiger partial charge in [-0.3, -0.25) is 4.79 Å². The van der Waals surface area contributed by atoms with E-state index in [-0.39, 0.29) is 11.7 Å². The van der Waals surface area contributed by atoms with Crippen molar-refractivity contribution < 1.29 is 9.18 Å². The first kappa shape index (κ1) is 14.5. The van der Waals surface area contributed by atoms with Gasteiger partial charge in [0.1, 0.15) is 5.82 Å². The maximum atomic E-state index is 13.0. The molecule has 19 heavy (non-hydrogen) atoms. The first-order chi connectivity index (χ1) is 9.15. The first-order valence-corrected chi connectivity index (χ1v) is 7.69. The average molecular weight is 328 g/mol. The number of rotatable bonds is 3. The molecule has 1 amide bonds. The molecule has 0 unspecified atom stereocenters. The van der Waals surface area contributed by atoms with Crippen LogP contribution in [0.15, 0.2) is 22.7 Å². The molecule has 104 valence electrons. The van der Waals surface area contributed by atoms with Crippen LogP contribution in [0.4, 0.5) is 10.1 Å². The molecule has 2 nitrogen and oxygen atoms in total. The Bertz CT molecular complexity index is 442. The lowest BCUT2D eigenvalue weighted by Crippen LogP contribution is -2.16. The van der Waals surface area contributed by atoms with Gasteiger partial charge < -0.3 is 5.32 Å². The Kier molecular flexibility index (Phi) is 5.37. The number of nitrogens with one attached hydrogen (secondary N) is 1. The van der Waals surface area contributed by atoms with Gasteiger partial charge in [0.2, 0.25) is 5.91 Å². The Hall–Kier alpha value is -0.900. The molecular weight excluding hydrogens is 309 g/mol. The van der Waals surface area contributed by atoms with Crippen molar-refractivity contribution in [2.24, 2.45) is 5.92 Å². The fraction of sp³-hybridized carbons (Fsp3) is 0.533. The highest BCUT2D eigenvalue weighted by Gasteiger charge is 2.16. The number of halogens is 2. The number of anilines is 1. The van der Waals surface area contributed by atoms with E-state index in [2.05, 4.69) is 21.2 Å². The molecule has 0 aromatic heterocycles. The Morgan fingerprint density at radius 1 is 1.26 bits per heavy atom. The molecule has 1 saturated carbocycles. The van der Waals surface area contributed by atoms with Crippen LogP contribution in [0.25, 0.3) is 0 Å². The predicted molar refractivity (Wildman–Crippen MR) is 78.5 cm³/mol. The second-order valence-corrected chi connectivity index (χ2v) is 6.09. The Balaban J connectivity index is 1.89. The van der Waals surface area contributed by atoms with Crippen LogP contribution in [0.1, 0.15) is 44.9 Å². The molecule has 0 heterocycles. The van der Waals surface area contributed by atoms with E-state index in [1.54, 1.807) is 6.07 Å². The molecule has 1 N–H and O–H groups in total. The Labute approximate surface area is 121 Å². The van der Waals surface area contributed by atoms with Gasteiger partial charge in [0.25, 0.3) is 0 Å². The number of hydrogen-bond acceptors (Lipinski definition) is 1. The number of hydrogen-bond donors (Lipinski definition) is 1. The average Bonchev–Trinajstić information content (AvgIpc) is 2.61. The zero-order chi connectivity index (χ0) is 13.7. The SMILES string of the molecule is O=C(CC1CCCCCC1)Nc1ccc(F)cc1Br. The maximum absolute atomic E-state index is 13.0. The number of carbonyl (C=O) groups is 1. The summed E-state index contributed by atoms with van der Waals surface area (Å²) < 4.78 is 13.5. The summed E-state index contributed by atoms with van der Waals surface area (Å²) in [5, 5.41) is 2.85. The summed E-state index contributed by atoms with van der Waals surface area (Å²) in [5.41, 5.74) is 0.639. The van der Waals surface area contributed by atoms with Gasteiger partial charge in [-0.05, 0) is 52.9 Å². The third kappa shape index (κ3) is 4.60. The topological polar surface area (TPSA) is 29.1 Å². The van der Waals surface area contributed by atoms with Gasteiger partial charge >= 0.3 is 0 Å². The van der Waals surface area contributed by atoms with Crippen molar-refractivity contribution in [3.05, 3.63) is 28.5 Å². The number of carbonyl (C=O) groups excluding carboxylic acids is 1. The first-order valence-electron chi connectivity index (χ1n) is 6.90. The zero-order valence-electron chi connectivity index (χ0n) is 10.9. The lowest BCUT2D eigenvalue weighted by Gasteiger charge is -2.14. The number of amides is 1. The minimum absolute atomic E-state index is 0.0270. The van der Waals surface area contributed by atoms with Crippen LogP contribution in [0, 0.1) is 11.7 Å². The molecule has 0 atom stereocenters. The lowest BCUT2D eigenvalue weighted by atomic mass is 9.96. The predicted octanol–water partition coefficient (Wildman–Crippen LogP) is 4.89. The van der Waals surface area contributed by atoms with E-state index in [4.69, 9.17) is 0 Å². The summed E-state index contributed by atoms with van der Waals surface area (Å²) in [4.78, 5) is 12.0. The van der Waals surface area contributed by atoms with Crippen molar-refractivity contribution in [3.8, 4) is 0 Å². The van der Waals surface area contributed by atoms with Crippen molar-refractivity contribution >= 4 is 27.5 Å². The Morgan fingerprint density at radius 3 is 2.58 bits per heavy atom. The molecule has 1 aromatic carbocycles. The molecule has 0 spiro atoms. The lowest BCUT2D eigenvalue weighted by molar-refractivity contribution is -0.117. The molecule has 0 saturated heterocycles. The molecule has 1 fully saturated rings. The smallest absolute Gasteiger partial charge is 0.224 e. The third-order valence-electron chi connectivity index (χ3n) is 3.65.